The van der Waals surface area contributed by atoms with Crippen LogP contribution in [0.2, 0.25) is 0 Å². The number of pyridine rings is 1. The minimum Gasteiger partial charge on any atom is -0.373 e. The van der Waals surface area contributed by atoms with Gasteiger partial charge in [-0.2, -0.15) is 0 Å². The Balaban J connectivity index is 2.24. The van der Waals surface area contributed by atoms with Crippen LogP contribution < -0.4 is 5.32 Å². The third-order valence-corrected chi connectivity index (χ3v) is 2.80. The van der Waals surface area contributed by atoms with Crippen molar-refractivity contribution < 1.29 is 0 Å². The van der Waals surface area contributed by atoms with Crippen LogP contribution in [0.5, 0.6) is 0 Å². The highest BCUT2D eigenvalue weighted by molar-refractivity contribution is 5.92. The Kier molecular flexibility index (Phi) is 2.61. The van der Waals surface area contributed by atoms with Crippen LogP contribution in [0, 0.1) is 0 Å². The molecule has 4 nitrogen and oxygen atoms in total. The van der Waals surface area contributed by atoms with Gasteiger partial charge < -0.3 is 5.32 Å². The first-order valence-corrected chi connectivity index (χ1v) is 5.73. The number of nitrogens with zero attached hydrogens (tertiary/aromatic N) is 3. The number of hydrogen-bond acceptors (Lipinski definition) is 4. The van der Waals surface area contributed by atoms with Crippen molar-refractivity contribution in [2.24, 2.45) is 0 Å². The van der Waals surface area contributed by atoms with E-state index in [0.717, 1.165) is 22.3 Å². The molecule has 0 saturated carbocycles. The van der Waals surface area contributed by atoms with Gasteiger partial charge in [0.25, 0.3) is 0 Å². The lowest BCUT2D eigenvalue weighted by Crippen LogP contribution is -1.96. The maximum absolute atomic E-state index is 4.46. The zero-order valence-electron chi connectivity index (χ0n) is 9.96. The van der Waals surface area contributed by atoms with Crippen LogP contribution in [0.4, 0.5) is 5.82 Å². The predicted molar refractivity (Wildman–Crippen MR) is 72.3 cm³/mol. The molecule has 3 rings (SSSR count). The maximum Gasteiger partial charge on any atom is 0.162 e. The molecule has 0 atom stereocenters. The van der Waals surface area contributed by atoms with E-state index in [1.165, 1.54) is 0 Å². The molecule has 1 N–H and O–H groups in total. The molecule has 0 unspecified atom stereocenters. The van der Waals surface area contributed by atoms with Crippen LogP contribution in [0.15, 0.2) is 48.8 Å². The van der Waals surface area contributed by atoms with Crippen molar-refractivity contribution in [1.82, 2.24) is 15.0 Å². The Hall–Kier alpha value is -2.49. The van der Waals surface area contributed by atoms with E-state index < -0.39 is 0 Å². The van der Waals surface area contributed by atoms with Crippen LogP contribution in [-0.4, -0.2) is 22.0 Å². The molecule has 0 bridgehead atoms. The maximum atomic E-state index is 4.46. The molecule has 0 radical (unpaired) electrons. The van der Waals surface area contributed by atoms with Gasteiger partial charge in [-0.15, -0.1) is 0 Å². The van der Waals surface area contributed by atoms with E-state index in [9.17, 15) is 0 Å². The average Bonchev–Trinajstić information content (AvgIpc) is 2.47. The predicted octanol–water partition coefficient (Wildman–Crippen LogP) is 2.73. The lowest BCUT2D eigenvalue weighted by atomic mass is 10.1. The van der Waals surface area contributed by atoms with E-state index in [1.54, 1.807) is 12.4 Å². The third-order valence-electron chi connectivity index (χ3n) is 2.80. The molecule has 18 heavy (non-hydrogen) atoms. The molecule has 0 saturated heterocycles. The number of benzene rings is 1. The van der Waals surface area contributed by atoms with E-state index in [1.807, 2.05) is 43.4 Å². The molecular formula is C14H12N4. The topological polar surface area (TPSA) is 50.7 Å². The number of nitrogens with one attached hydrogen (secondary N) is 1. The second kappa shape index (κ2) is 4.41. The first-order chi connectivity index (χ1) is 8.88. The highest BCUT2D eigenvalue weighted by atomic mass is 15.0. The largest absolute Gasteiger partial charge is 0.373 e. The molecule has 0 aliphatic carbocycles. The van der Waals surface area contributed by atoms with Crippen LogP contribution >= 0.6 is 0 Å². The summed E-state index contributed by atoms with van der Waals surface area (Å²) in [6.07, 6.45) is 3.54. The first-order valence-electron chi connectivity index (χ1n) is 5.73. The van der Waals surface area contributed by atoms with E-state index in [2.05, 4.69) is 20.3 Å². The third kappa shape index (κ3) is 1.78. The summed E-state index contributed by atoms with van der Waals surface area (Å²) >= 11 is 0. The minimum atomic E-state index is 0.709. The summed E-state index contributed by atoms with van der Waals surface area (Å²) in [7, 11) is 1.84. The van der Waals surface area contributed by atoms with Crippen molar-refractivity contribution in [3.8, 4) is 11.4 Å². The molecule has 3 aromatic rings. The van der Waals surface area contributed by atoms with E-state index in [4.69, 9.17) is 0 Å². The molecule has 0 spiro atoms. The van der Waals surface area contributed by atoms with Gasteiger partial charge in [0.05, 0.1) is 5.52 Å². The molecule has 0 aliphatic rings. The first kappa shape index (κ1) is 10.7. The Bertz CT molecular complexity index is 689. The fourth-order valence-electron chi connectivity index (χ4n) is 1.92. The summed E-state index contributed by atoms with van der Waals surface area (Å²) < 4.78 is 0. The standard InChI is InChI=1S/C14H12N4/c1-15-13-7-9-17-14(18-13)11-6-8-16-12-5-3-2-4-10(11)12/h2-9H,1H3,(H,15,17,18). The summed E-state index contributed by atoms with van der Waals surface area (Å²) in [5, 5.41) is 4.08. The second-order valence-electron chi connectivity index (χ2n) is 3.89. The lowest BCUT2D eigenvalue weighted by Gasteiger charge is -2.06. The Morgan fingerprint density at radius 1 is 0.944 bits per heavy atom. The molecule has 88 valence electrons. The minimum absolute atomic E-state index is 0.709. The number of rotatable bonds is 2. The van der Waals surface area contributed by atoms with Crippen molar-refractivity contribution in [2.45, 2.75) is 0 Å². The van der Waals surface area contributed by atoms with Crippen molar-refractivity contribution in [1.29, 1.82) is 0 Å². The highest BCUT2D eigenvalue weighted by Gasteiger charge is 2.06. The smallest absolute Gasteiger partial charge is 0.162 e. The summed E-state index contributed by atoms with van der Waals surface area (Å²) in [5.74, 6) is 1.52. The van der Waals surface area contributed by atoms with Gasteiger partial charge in [-0.25, -0.2) is 9.97 Å². The Morgan fingerprint density at radius 3 is 2.67 bits per heavy atom. The van der Waals surface area contributed by atoms with E-state index in [-0.39, 0.29) is 0 Å². The van der Waals surface area contributed by atoms with Crippen LogP contribution in [-0.2, 0) is 0 Å². The number of anilines is 1. The monoisotopic (exact) mass is 236 g/mol. The number of aromatic nitrogens is 3. The van der Waals surface area contributed by atoms with E-state index >= 15 is 0 Å². The van der Waals surface area contributed by atoms with Gasteiger partial charge in [0, 0.05) is 30.4 Å². The molecule has 2 aromatic heterocycles. The fourth-order valence-corrected chi connectivity index (χ4v) is 1.92. The molecule has 0 aliphatic heterocycles. The molecule has 2 heterocycles. The van der Waals surface area contributed by atoms with Gasteiger partial charge in [-0.05, 0) is 18.2 Å². The van der Waals surface area contributed by atoms with Crippen molar-refractivity contribution in [3.63, 3.8) is 0 Å². The Labute approximate surface area is 105 Å². The van der Waals surface area contributed by atoms with E-state index in [0.29, 0.717) is 5.82 Å². The summed E-state index contributed by atoms with van der Waals surface area (Å²) in [4.78, 5) is 13.1. The van der Waals surface area contributed by atoms with Gasteiger partial charge in [0.1, 0.15) is 5.82 Å². The van der Waals surface area contributed by atoms with Crippen molar-refractivity contribution >= 4 is 16.7 Å². The van der Waals surface area contributed by atoms with Gasteiger partial charge in [-0.1, -0.05) is 18.2 Å². The molecule has 1 aromatic carbocycles. The van der Waals surface area contributed by atoms with Crippen molar-refractivity contribution in [3.05, 3.63) is 48.8 Å². The normalized spacial score (nSPS) is 10.5. The quantitative estimate of drug-likeness (QED) is 0.743. The molecule has 0 amide bonds. The van der Waals surface area contributed by atoms with Crippen LogP contribution in [0.25, 0.3) is 22.3 Å². The van der Waals surface area contributed by atoms with Gasteiger partial charge >= 0.3 is 0 Å². The second-order valence-corrected chi connectivity index (χ2v) is 3.89. The molecule has 4 heteroatoms. The zero-order valence-corrected chi connectivity index (χ0v) is 9.96. The zero-order chi connectivity index (χ0) is 12.4. The molecular weight excluding hydrogens is 224 g/mol. The lowest BCUT2D eigenvalue weighted by molar-refractivity contribution is 1.17. The van der Waals surface area contributed by atoms with Gasteiger partial charge in [-0.3, -0.25) is 4.98 Å². The Morgan fingerprint density at radius 2 is 1.78 bits per heavy atom. The average molecular weight is 236 g/mol. The highest BCUT2D eigenvalue weighted by Crippen LogP contribution is 2.24. The summed E-state index contributed by atoms with van der Waals surface area (Å²) in [6.45, 7) is 0. The van der Waals surface area contributed by atoms with Gasteiger partial charge in [0.15, 0.2) is 5.82 Å². The fraction of sp³-hybridized carbons (Fsp3) is 0.0714. The number of hydrogen-bond donors (Lipinski definition) is 1. The number of para-hydroxylation sites is 1. The summed E-state index contributed by atoms with van der Waals surface area (Å²) in [6, 6.07) is 11.8. The molecule has 0 fully saturated rings. The SMILES string of the molecule is CNc1ccnc(-c2ccnc3ccccc23)n1. The van der Waals surface area contributed by atoms with Crippen molar-refractivity contribution in [2.75, 3.05) is 12.4 Å². The van der Waals surface area contributed by atoms with Gasteiger partial charge in [0.2, 0.25) is 0 Å². The number of fused-ring (bicyclic) bond motifs is 1. The van der Waals surface area contributed by atoms with Crippen LogP contribution in [0.1, 0.15) is 0 Å². The van der Waals surface area contributed by atoms with Crippen LogP contribution in [0.3, 0.4) is 0 Å². The summed E-state index contributed by atoms with van der Waals surface area (Å²) in [5.41, 5.74) is 1.95.